The monoisotopic (exact) mass is 343 g/mol. The van der Waals surface area contributed by atoms with E-state index in [-0.39, 0.29) is 5.91 Å². The number of amides is 1. The molecule has 4 nitrogen and oxygen atoms in total. The Morgan fingerprint density at radius 3 is 2.42 bits per heavy atom. The van der Waals surface area contributed by atoms with Crippen LogP contribution < -0.4 is 10.6 Å². The summed E-state index contributed by atoms with van der Waals surface area (Å²) in [5, 5.41) is 6.65. The molecule has 1 aromatic heterocycles. The molecule has 1 aromatic rings. The largest absolute Gasteiger partial charge is 0.359 e. The highest BCUT2D eigenvalue weighted by atomic mass is 32.1. The van der Waals surface area contributed by atoms with Crippen molar-refractivity contribution in [1.29, 1.82) is 0 Å². The van der Waals surface area contributed by atoms with Crippen molar-refractivity contribution in [3.63, 3.8) is 0 Å². The molecule has 4 saturated carbocycles. The van der Waals surface area contributed by atoms with E-state index in [0.717, 1.165) is 17.8 Å². The second-order valence-electron chi connectivity index (χ2n) is 8.17. The third-order valence-electron chi connectivity index (χ3n) is 6.50. The maximum atomic E-state index is 12.2. The molecule has 2 N–H and O–H groups in total. The summed E-state index contributed by atoms with van der Waals surface area (Å²) in [6.45, 7) is 2.25. The van der Waals surface area contributed by atoms with Crippen molar-refractivity contribution in [1.82, 2.24) is 15.6 Å². The number of nitrogens with zero attached hydrogens (tertiary/aromatic N) is 1. The molecule has 0 radical (unpaired) electrons. The molecular weight excluding hydrogens is 318 g/mol. The number of nitrogens with one attached hydrogen (secondary N) is 2. The zero-order valence-corrected chi connectivity index (χ0v) is 14.9. The number of rotatable bonds is 3. The van der Waals surface area contributed by atoms with Crippen LogP contribution in [0.1, 0.15) is 55.8 Å². The summed E-state index contributed by atoms with van der Waals surface area (Å²) < 4.78 is 0. The smallest absolute Gasteiger partial charge is 0.258 e. The average molecular weight is 343 g/mol. The predicted octanol–water partition coefficient (Wildman–Crippen LogP) is 3.29. The highest BCUT2D eigenvalue weighted by Gasteiger charge is 2.53. The van der Waals surface area contributed by atoms with Gasteiger partial charge in [-0.1, -0.05) is 0 Å². The first kappa shape index (κ1) is 16.0. The third kappa shape index (κ3) is 2.94. The number of carbonyl (C=O) groups is 1. The van der Waals surface area contributed by atoms with E-state index in [2.05, 4.69) is 22.5 Å². The van der Waals surface area contributed by atoms with Crippen LogP contribution in [0.4, 0.5) is 0 Å². The Labute approximate surface area is 148 Å². The van der Waals surface area contributed by atoms with Crippen molar-refractivity contribution in [2.45, 2.75) is 51.5 Å². The Bertz CT molecular complexity index is 610. The lowest BCUT2D eigenvalue weighted by Crippen LogP contribution is -2.57. The minimum absolute atomic E-state index is 0.196. The van der Waals surface area contributed by atoms with E-state index < -0.39 is 0 Å². The van der Waals surface area contributed by atoms with Gasteiger partial charge in [-0.15, -0.1) is 0 Å². The lowest BCUT2D eigenvalue weighted by molar-refractivity contribution is -0.0672. The summed E-state index contributed by atoms with van der Waals surface area (Å²) in [5.74, 6) is 2.55. The fraction of sp³-hybridized carbons (Fsp3) is 0.632. The Morgan fingerprint density at radius 2 is 1.88 bits per heavy atom. The SMILES string of the molecule is CC(NC(=S)NC(=O)c1cccnc1)C12CC3CC(CC(C3)C1)C2. The second-order valence-corrected chi connectivity index (χ2v) is 8.58. The number of pyridine rings is 1. The number of aromatic nitrogens is 1. The van der Waals surface area contributed by atoms with Crippen molar-refractivity contribution >= 4 is 23.2 Å². The van der Waals surface area contributed by atoms with Crippen LogP contribution in [0.15, 0.2) is 24.5 Å². The number of hydrogen-bond donors (Lipinski definition) is 2. The second kappa shape index (κ2) is 6.10. The molecule has 24 heavy (non-hydrogen) atoms. The summed E-state index contributed by atoms with van der Waals surface area (Å²) in [6, 6.07) is 3.81. The average Bonchev–Trinajstić information content (AvgIpc) is 2.54. The van der Waals surface area contributed by atoms with Gasteiger partial charge in [0.15, 0.2) is 5.11 Å². The van der Waals surface area contributed by atoms with Crippen molar-refractivity contribution in [3.05, 3.63) is 30.1 Å². The maximum Gasteiger partial charge on any atom is 0.258 e. The molecule has 5 rings (SSSR count). The molecule has 0 aliphatic heterocycles. The molecule has 4 aliphatic rings. The molecule has 1 amide bonds. The van der Waals surface area contributed by atoms with E-state index in [9.17, 15) is 4.79 Å². The Hall–Kier alpha value is -1.49. The topological polar surface area (TPSA) is 54.0 Å². The fourth-order valence-corrected chi connectivity index (χ4v) is 6.04. The van der Waals surface area contributed by atoms with Gasteiger partial charge in [-0.2, -0.15) is 0 Å². The first-order chi connectivity index (χ1) is 11.5. The van der Waals surface area contributed by atoms with E-state index in [1.165, 1.54) is 38.5 Å². The summed E-state index contributed by atoms with van der Waals surface area (Å²) in [4.78, 5) is 16.2. The van der Waals surface area contributed by atoms with E-state index in [4.69, 9.17) is 12.2 Å². The lowest BCUT2D eigenvalue weighted by Gasteiger charge is -2.59. The molecule has 0 saturated heterocycles. The summed E-state index contributed by atoms with van der Waals surface area (Å²) in [5.41, 5.74) is 0.904. The quantitative estimate of drug-likeness (QED) is 0.827. The minimum atomic E-state index is -0.196. The van der Waals surface area contributed by atoms with E-state index in [1.54, 1.807) is 24.5 Å². The van der Waals surface area contributed by atoms with Gasteiger partial charge in [-0.05, 0) is 93.0 Å². The van der Waals surface area contributed by atoms with Gasteiger partial charge in [0.05, 0.1) is 5.56 Å². The van der Waals surface area contributed by atoms with Gasteiger partial charge in [0.1, 0.15) is 0 Å². The van der Waals surface area contributed by atoms with Crippen LogP contribution in [0, 0.1) is 23.2 Å². The number of carbonyl (C=O) groups excluding carboxylic acids is 1. The third-order valence-corrected chi connectivity index (χ3v) is 6.72. The molecule has 1 heterocycles. The molecule has 4 aliphatic carbocycles. The van der Waals surface area contributed by atoms with Crippen molar-refractivity contribution < 1.29 is 4.79 Å². The first-order valence-corrected chi connectivity index (χ1v) is 9.47. The normalized spacial score (nSPS) is 34.6. The number of thiocarbonyl (C=S) groups is 1. The molecular formula is C19H25N3OS. The van der Waals surface area contributed by atoms with Crippen LogP contribution in [-0.4, -0.2) is 22.0 Å². The summed E-state index contributed by atoms with van der Waals surface area (Å²) >= 11 is 5.40. The fourth-order valence-electron chi connectivity index (χ4n) is 5.77. The van der Waals surface area contributed by atoms with Crippen LogP contribution in [0.2, 0.25) is 0 Å². The molecule has 4 bridgehead atoms. The van der Waals surface area contributed by atoms with Crippen LogP contribution in [0.25, 0.3) is 0 Å². The van der Waals surface area contributed by atoms with Crippen molar-refractivity contribution in [2.75, 3.05) is 0 Å². The summed E-state index contributed by atoms with van der Waals surface area (Å²) in [6.07, 6.45) is 11.5. The zero-order chi connectivity index (χ0) is 16.7. The van der Waals surface area contributed by atoms with Crippen molar-refractivity contribution in [2.24, 2.45) is 23.2 Å². The highest BCUT2D eigenvalue weighted by molar-refractivity contribution is 7.80. The van der Waals surface area contributed by atoms with Crippen LogP contribution in [0.3, 0.4) is 0 Å². The van der Waals surface area contributed by atoms with Gasteiger partial charge in [0.25, 0.3) is 5.91 Å². The number of hydrogen-bond acceptors (Lipinski definition) is 3. The van der Waals surface area contributed by atoms with Gasteiger partial charge >= 0.3 is 0 Å². The predicted molar refractivity (Wildman–Crippen MR) is 97.5 cm³/mol. The van der Waals surface area contributed by atoms with Crippen LogP contribution in [-0.2, 0) is 0 Å². The standard InChI is InChI=1S/C19H25N3OS/c1-12(19-8-13-5-14(9-19)7-15(6-13)10-19)21-18(24)22-17(23)16-3-2-4-20-11-16/h2-4,11-15H,5-10H2,1H3,(H2,21,22,23,24). The Kier molecular flexibility index (Phi) is 4.07. The maximum absolute atomic E-state index is 12.2. The lowest BCUT2D eigenvalue weighted by atomic mass is 9.48. The Balaban J connectivity index is 1.38. The van der Waals surface area contributed by atoms with Crippen molar-refractivity contribution in [3.8, 4) is 0 Å². The van der Waals surface area contributed by atoms with Gasteiger partial charge in [0.2, 0.25) is 0 Å². The van der Waals surface area contributed by atoms with Gasteiger partial charge < -0.3 is 5.32 Å². The van der Waals surface area contributed by atoms with E-state index in [1.807, 2.05) is 0 Å². The van der Waals surface area contributed by atoms with Crippen LogP contribution >= 0.6 is 12.2 Å². The first-order valence-electron chi connectivity index (χ1n) is 9.06. The molecule has 0 aromatic carbocycles. The molecule has 4 fully saturated rings. The summed E-state index contributed by atoms with van der Waals surface area (Å²) in [7, 11) is 0. The van der Waals surface area contributed by atoms with Gasteiger partial charge in [0, 0.05) is 18.4 Å². The Morgan fingerprint density at radius 1 is 1.25 bits per heavy atom. The molecule has 1 atom stereocenters. The van der Waals surface area contributed by atoms with E-state index in [0.29, 0.717) is 22.1 Å². The van der Waals surface area contributed by atoms with Crippen LogP contribution in [0.5, 0.6) is 0 Å². The molecule has 0 spiro atoms. The van der Waals surface area contributed by atoms with E-state index >= 15 is 0 Å². The minimum Gasteiger partial charge on any atom is -0.359 e. The molecule has 128 valence electrons. The van der Waals surface area contributed by atoms with Gasteiger partial charge in [-0.3, -0.25) is 15.1 Å². The highest BCUT2D eigenvalue weighted by Crippen LogP contribution is 2.61. The molecule has 5 heteroatoms. The van der Waals surface area contributed by atoms with Gasteiger partial charge in [-0.25, -0.2) is 0 Å². The molecule has 1 unspecified atom stereocenters. The zero-order valence-electron chi connectivity index (χ0n) is 14.1.